The molecule has 1 aliphatic rings. The lowest BCUT2D eigenvalue weighted by Crippen LogP contribution is -2.42. The van der Waals surface area contributed by atoms with Gasteiger partial charge in [-0.15, -0.1) is 23.2 Å². The fourth-order valence-electron chi connectivity index (χ4n) is 1.36. The number of rotatable bonds is 5. The minimum Gasteiger partial charge on any atom is -0.455 e. The lowest BCUT2D eigenvalue weighted by atomic mass is 10.1. The van der Waals surface area contributed by atoms with Crippen molar-refractivity contribution in [3.05, 3.63) is 0 Å². The van der Waals surface area contributed by atoms with E-state index in [9.17, 15) is 14.4 Å². The quantitative estimate of drug-likeness (QED) is 0.593. The van der Waals surface area contributed by atoms with Crippen molar-refractivity contribution in [1.82, 2.24) is 10.6 Å². The highest BCUT2D eigenvalue weighted by Crippen LogP contribution is 2.64. The maximum Gasteiger partial charge on any atom is 0.321 e. The third-order valence-corrected chi connectivity index (χ3v) is 3.93. The van der Waals surface area contributed by atoms with E-state index in [2.05, 4.69) is 5.32 Å². The Morgan fingerprint density at radius 3 is 2.37 bits per heavy atom. The van der Waals surface area contributed by atoms with Gasteiger partial charge in [0.05, 0.1) is 0 Å². The topological polar surface area (TPSA) is 84.5 Å². The maximum atomic E-state index is 11.6. The third-order valence-electron chi connectivity index (χ3n) is 2.83. The molecule has 3 amide bonds. The van der Waals surface area contributed by atoms with E-state index in [1.54, 1.807) is 6.92 Å². The summed E-state index contributed by atoms with van der Waals surface area (Å²) in [7, 11) is 0. The number of amides is 3. The second-order valence-corrected chi connectivity index (χ2v) is 6.08. The molecule has 0 aliphatic heterocycles. The summed E-state index contributed by atoms with van der Waals surface area (Å²) >= 11 is 11.6. The van der Waals surface area contributed by atoms with Crippen molar-refractivity contribution < 1.29 is 19.1 Å². The van der Waals surface area contributed by atoms with Crippen LogP contribution < -0.4 is 10.6 Å². The molecule has 0 aromatic rings. The van der Waals surface area contributed by atoms with E-state index in [1.807, 2.05) is 12.2 Å². The second kappa shape index (κ2) is 5.96. The number of carbonyl (C=O) groups is 3. The lowest BCUT2D eigenvalue weighted by Gasteiger charge is -2.11. The van der Waals surface area contributed by atoms with Crippen LogP contribution in [0.1, 0.15) is 26.7 Å². The predicted molar refractivity (Wildman–Crippen MR) is 70.0 cm³/mol. The molecule has 0 saturated heterocycles. The van der Waals surface area contributed by atoms with Crippen LogP contribution in [-0.4, -0.2) is 35.4 Å². The summed E-state index contributed by atoms with van der Waals surface area (Å²) in [6.45, 7) is 3.35. The van der Waals surface area contributed by atoms with Gasteiger partial charge in [0, 0.05) is 13.0 Å². The Bertz CT molecular complexity index is 400. The zero-order valence-electron chi connectivity index (χ0n) is 10.7. The van der Waals surface area contributed by atoms with Gasteiger partial charge in [-0.25, -0.2) is 4.79 Å². The first kappa shape index (κ1) is 16.0. The number of imide groups is 1. The number of halogens is 2. The van der Waals surface area contributed by atoms with Crippen LogP contribution in [0.3, 0.4) is 0 Å². The highest BCUT2D eigenvalue weighted by atomic mass is 35.5. The molecule has 2 N–H and O–H groups in total. The summed E-state index contributed by atoms with van der Waals surface area (Å²) in [5.74, 6) is -1.36. The van der Waals surface area contributed by atoms with Crippen LogP contribution in [0.25, 0.3) is 0 Å². The van der Waals surface area contributed by atoms with Crippen LogP contribution in [0.2, 0.25) is 0 Å². The van der Waals surface area contributed by atoms with Crippen molar-refractivity contribution >= 4 is 41.1 Å². The van der Waals surface area contributed by atoms with Crippen molar-refractivity contribution in [2.75, 3.05) is 13.2 Å². The van der Waals surface area contributed by atoms with E-state index in [0.29, 0.717) is 6.54 Å². The predicted octanol–water partition coefficient (Wildman–Crippen LogP) is 1.35. The highest BCUT2D eigenvalue weighted by Gasteiger charge is 2.69. The minimum atomic E-state index is -1.14. The number of nitrogens with one attached hydrogen (secondary N) is 2. The zero-order chi connectivity index (χ0) is 14.7. The Morgan fingerprint density at radius 1 is 1.32 bits per heavy atom. The molecular weight excluding hydrogens is 295 g/mol. The summed E-state index contributed by atoms with van der Waals surface area (Å²) in [5.41, 5.74) is -0.985. The number of esters is 1. The first-order chi connectivity index (χ1) is 8.73. The SMILES string of the molecule is CCCNC(=O)NC(=O)COC(=O)[C@@]1(C)CC1(Cl)Cl. The molecule has 0 aromatic carbocycles. The molecule has 0 unspecified atom stereocenters. The van der Waals surface area contributed by atoms with Crippen LogP contribution in [0, 0.1) is 5.41 Å². The largest absolute Gasteiger partial charge is 0.455 e. The maximum absolute atomic E-state index is 11.6. The monoisotopic (exact) mass is 310 g/mol. The number of alkyl halides is 2. The molecule has 0 bridgehead atoms. The number of carbonyl (C=O) groups excluding carboxylic acids is 3. The first-order valence-corrected chi connectivity index (χ1v) is 6.61. The Labute approximate surface area is 121 Å². The molecule has 108 valence electrons. The van der Waals surface area contributed by atoms with Crippen LogP contribution in [-0.2, 0) is 14.3 Å². The summed E-state index contributed by atoms with van der Waals surface area (Å²) in [6.07, 6.45) is 1.03. The molecule has 1 fully saturated rings. The fourth-order valence-corrected chi connectivity index (χ4v) is 2.05. The van der Waals surface area contributed by atoms with Gasteiger partial charge in [-0.2, -0.15) is 0 Å². The summed E-state index contributed by atoms with van der Waals surface area (Å²) in [5, 5.41) is 4.48. The van der Waals surface area contributed by atoms with E-state index >= 15 is 0 Å². The molecular formula is C11H16Cl2N2O4. The average Bonchev–Trinajstić information content (AvgIpc) is 2.84. The molecule has 0 aromatic heterocycles. The minimum absolute atomic E-state index is 0.278. The van der Waals surface area contributed by atoms with Crippen molar-refractivity contribution in [1.29, 1.82) is 0 Å². The van der Waals surface area contributed by atoms with Crippen molar-refractivity contribution in [2.24, 2.45) is 5.41 Å². The van der Waals surface area contributed by atoms with E-state index in [1.165, 1.54) is 0 Å². The van der Waals surface area contributed by atoms with Gasteiger partial charge in [0.25, 0.3) is 5.91 Å². The molecule has 1 aliphatic carbocycles. The highest BCUT2D eigenvalue weighted by molar-refractivity contribution is 6.53. The Morgan fingerprint density at radius 2 is 1.89 bits per heavy atom. The van der Waals surface area contributed by atoms with Crippen LogP contribution in [0.15, 0.2) is 0 Å². The van der Waals surface area contributed by atoms with Crippen LogP contribution in [0.5, 0.6) is 0 Å². The van der Waals surface area contributed by atoms with Crippen LogP contribution in [0.4, 0.5) is 4.79 Å². The zero-order valence-corrected chi connectivity index (χ0v) is 12.2. The van der Waals surface area contributed by atoms with E-state index < -0.39 is 34.3 Å². The first-order valence-electron chi connectivity index (χ1n) is 5.85. The smallest absolute Gasteiger partial charge is 0.321 e. The van der Waals surface area contributed by atoms with Gasteiger partial charge < -0.3 is 10.1 Å². The number of hydrogen-bond acceptors (Lipinski definition) is 4. The molecule has 0 heterocycles. The van der Waals surface area contributed by atoms with Crippen LogP contribution >= 0.6 is 23.2 Å². The summed E-state index contributed by atoms with van der Waals surface area (Å²) in [4.78, 5) is 34.1. The Hall–Kier alpha value is -1.01. The number of urea groups is 1. The lowest BCUT2D eigenvalue weighted by molar-refractivity contribution is -0.153. The van der Waals surface area contributed by atoms with Gasteiger partial charge in [-0.1, -0.05) is 6.92 Å². The Balaban J connectivity index is 2.28. The molecule has 1 rings (SSSR count). The summed E-state index contributed by atoms with van der Waals surface area (Å²) < 4.78 is 3.63. The Kier molecular flexibility index (Phi) is 5.04. The third kappa shape index (κ3) is 3.98. The van der Waals surface area contributed by atoms with Gasteiger partial charge >= 0.3 is 12.0 Å². The molecule has 0 radical (unpaired) electrons. The molecule has 1 atom stereocenters. The fraction of sp³-hybridized carbons (Fsp3) is 0.727. The molecule has 0 spiro atoms. The van der Waals surface area contributed by atoms with Crippen molar-refractivity contribution in [2.45, 2.75) is 31.0 Å². The normalized spacial score (nSPS) is 23.4. The van der Waals surface area contributed by atoms with Crippen molar-refractivity contribution in [3.8, 4) is 0 Å². The number of hydrogen-bond donors (Lipinski definition) is 2. The van der Waals surface area contributed by atoms with Crippen molar-refractivity contribution in [3.63, 3.8) is 0 Å². The number of ether oxygens (including phenoxy) is 1. The summed E-state index contributed by atoms with van der Waals surface area (Å²) in [6, 6.07) is -0.621. The van der Waals surface area contributed by atoms with E-state index in [-0.39, 0.29) is 6.42 Å². The van der Waals surface area contributed by atoms with Gasteiger partial charge in [0.1, 0.15) is 9.75 Å². The standard InChI is InChI=1S/C11H16Cl2N2O4/c1-3-4-14-9(18)15-7(16)5-19-8(17)10(2)6-11(10,12)13/h3-6H2,1-2H3,(H2,14,15,16,18)/t10-/m1/s1. The molecule has 8 heteroatoms. The average molecular weight is 311 g/mol. The van der Waals surface area contributed by atoms with E-state index in [0.717, 1.165) is 6.42 Å². The second-order valence-electron chi connectivity index (χ2n) is 4.59. The van der Waals surface area contributed by atoms with Gasteiger partial charge in [-0.05, 0) is 13.3 Å². The molecule has 19 heavy (non-hydrogen) atoms. The van der Waals surface area contributed by atoms with Gasteiger partial charge in [-0.3, -0.25) is 14.9 Å². The van der Waals surface area contributed by atoms with Gasteiger partial charge in [0.15, 0.2) is 6.61 Å². The van der Waals surface area contributed by atoms with Gasteiger partial charge in [0.2, 0.25) is 0 Å². The van der Waals surface area contributed by atoms with E-state index in [4.69, 9.17) is 27.9 Å². The molecule has 6 nitrogen and oxygen atoms in total. The molecule has 1 saturated carbocycles.